The molecule has 0 atom stereocenters. The van der Waals surface area contributed by atoms with Crippen molar-refractivity contribution < 1.29 is 0 Å². The van der Waals surface area contributed by atoms with E-state index in [1.165, 1.54) is 115 Å². The van der Waals surface area contributed by atoms with Gasteiger partial charge in [-0.2, -0.15) is 0 Å². The summed E-state index contributed by atoms with van der Waals surface area (Å²) in [7, 11) is 0. The Hall–Kier alpha value is -7.62. The van der Waals surface area contributed by atoms with E-state index in [1.54, 1.807) is 0 Å². The average Bonchev–Trinajstić information content (AvgIpc) is 3.30. The van der Waals surface area contributed by atoms with Crippen molar-refractivity contribution in [2.24, 2.45) is 0 Å². The second kappa shape index (κ2) is 11.5. The fourth-order valence-electron chi connectivity index (χ4n) is 11.1. The average molecular weight is 745 g/mol. The zero-order chi connectivity index (χ0) is 38.3. The third-order valence-electron chi connectivity index (χ3n) is 13.4. The topological polar surface area (TPSA) is 6.48 Å². The molecule has 0 spiro atoms. The van der Waals surface area contributed by atoms with Gasteiger partial charge in [-0.15, -0.1) is 0 Å². The van der Waals surface area contributed by atoms with Crippen molar-refractivity contribution in [3.8, 4) is 11.1 Å². The first-order valence-electron chi connectivity index (χ1n) is 20.6. The second-order valence-corrected chi connectivity index (χ2v) is 16.4. The summed E-state index contributed by atoms with van der Waals surface area (Å²) < 4.78 is 0. The standard InChI is InChI=1S/C56H33BN2/c1-4-12-34(13-5-1)41-32-48-54-49(33-41)59(43-20-8-3-9-21-43)56-45-29-27-38-17-11-15-36-23-25-40(53(45)51(36)38)31-47(56)57(54)46-30-39-24-22-35-14-10-16-37-26-28-44(52(39)50(35)37)55(46)58(48)42-18-6-2-7-19-42/h1-33H. The predicted molar refractivity (Wildman–Crippen MR) is 253 cm³/mol. The summed E-state index contributed by atoms with van der Waals surface area (Å²) in [6, 6.07) is 75.2. The third kappa shape index (κ3) is 4.16. The molecule has 2 aliphatic rings. The van der Waals surface area contributed by atoms with E-state index in [1.807, 2.05) is 0 Å². The highest BCUT2D eigenvalue weighted by atomic mass is 15.2. The Bertz CT molecular complexity index is 3420. The molecule has 0 aliphatic carbocycles. The van der Waals surface area contributed by atoms with Crippen molar-refractivity contribution in [3.63, 3.8) is 0 Å². The molecule has 14 rings (SSSR count). The van der Waals surface area contributed by atoms with Gasteiger partial charge in [0.25, 0.3) is 6.71 Å². The van der Waals surface area contributed by atoms with Crippen LogP contribution in [0.5, 0.6) is 0 Å². The molecular formula is C56H33BN2. The van der Waals surface area contributed by atoms with Crippen LogP contribution in [0.15, 0.2) is 200 Å². The summed E-state index contributed by atoms with van der Waals surface area (Å²) in [5.41, 5.74) is 13.7. The molecule has 2 aliphatic heterocycles. The molecule has 2 nitrogen and oxygen atoms in total. The van der Waals surface area contributed by atoms with Crippen LogP contribution in [0.2, 0.25) is 0 Å². The lowest BCUT2D eigenvalue weighted by Gasteiger charge is -2.45. The SMILES string of the molecule is c1ccc(-c2cc3c4c(c2)N(c2ccccc2)c2c(cc5ccc6cccc7ccc2c5c67)B4c2cc4ccc5cccc6ccc(c2N3c2ccccc2)c4c56)cc1. The monoisotopic (exact) mass is 744 g/mol. The van der Waals surface area contributed by atoms with Crippen molar-refractivity contribution in [2.45, 2.75) is 0 Å². The highest BCUT2D eigenvalue weighted by Gasteiger charge is 2.45. The molecule has 3 heteroatoms. The van der Waals surface area contributed by atoms with Crippen LogP contribution >= 0.6 is 0 Å². The first-order valence-corrected chi connectivity index (χ1v) is 20.6. The minimum Gasteiger partial charge on any atom is -0.311 e. The van der Waals surface area contributed by atoms with E-state index in [4.69, 9.17) is 0 Å². The highest BCUT2D eigenvalue weighted by molar-refractivity contribution is 7.01. The first kappa shape index (κ1) is 31.5. The lowest BCUT2D eigenvalue weighted by atomic mass is 9.33. The number of hydrogen-bond donors (Lipinski definition) is 0. The maximum atomic E-state index is 2.59. The Balaban J connectivity index is 1.21. The van der Waals surface area contributed by atoms with Gasteiger partial charge in [0.15, 0.2) is 0 Å². The lowest BCUT2D eigenvalue weighted by molar-refractivity contribution is 1.27. The molecule has 0 aromatic heterocycles. The minimum atomic E-state index is -0.0291. The predicted octanol–water partition coefficient (Wildman–Crippen LogP) is 13.2. The maximum Gasteiger partial charge on any atom is 0.252 e. The Labute approximate surface area is 341 Å². The molecule has 0 amide bonds. The maximum absolute atomic E-state index is 2.59. The molecule has 12 aromatic carbocycles. The zero-order valence-corrected chi connectivity index (χ0v) is 32.0. The highest BCUT2D eigenvalue weighted by Crippen LogP contribution is 2.51. The van der Waals surface area contributed by atoms with Gasteiger partial charge in [0.1, 0.15) is 0 Å². The van der Waals surface area contributed by atoms with E-state index in [0.717, 1.165) is 11.4 Å². The van der Waals surface area contributed by atoms with E-state index >= 15 is 0 Å². The zero-order valence-electron chi connectivity index (χ0n) is 32.0. The molecule has 0 radical (unpaired) electrons. The number of hydrogen-bond acceptors (Lipinski definition) is 2. The van der Waals surface area contributed by atoms with E-state index in [-0.39, 0.29) is 6.71 Å². The van der Waals surface area contributed by atoms with E-state index in [9.17, 15) is 0 Å². The number of fused-ring (bicyclic) bond motifs is 6. The quantitative estimate of drug-likeness (QED) is 0.131. The van der Waals surface area contributed by atoms with Crippen molar-refractivity contribution >= 4 is 122 Å². The van der Waals surface area contributed by atoms with Gasteiger partial charge in [0.2, 0.25) is 0 Å². The summed E-state index contributed by atoms with van der Waals surface area (Å²) in [6.45, 7) is -0.0291. The molecule has 12 aromatic rings. The van der Waals surface area contributed by atoms with Gasteiger partial charge in [-0.1, -0.05) is 164 Å². The van der Waals surface area contributed by atoms with E-state index in [0.29, 0.717) is 0 Å². The molecule has 0 N–H and O–H groups in total. The van der Waals surface area contributed by atoms with Crippen LogP contribution in [0.4, 0.5) is 34.1 Å². The van der Waals surface area contributed by atoms with Crippen molar-refractivity contribution in [1.29, 1.82) is 0 Å². The van der Waals surface area contributed by atoms with Gasteiger partial charge < -0.3 is 9.80 Å². The Kier molecular flexibility index (Phi) is 6.13. The Morgan fingerprint density at radius 3 is 1.17 bits per heavy atom. The number of nitrogens with zero attached hydrogens (tertiary/aromatic N) is 2. The lowest BCUT2D eigenvalue weighted by Crippen LogP contribution is -2.61. The molecule has 59 heavy (non-hydrogen) atoms. The Morgan fingerprint density at radius 2 is 0.712 bits per heavy atom. The van der Waals surface area contributed by atoms with Crippen LogP contribution in [0.1, 0.15) is 0 Å². The van der Waals surface area contributed by atoms with Gasteiger partial charge >= 0.3 is 0 Å². The van der Waals surface area contributed by atoms with Gasteiger partial charge in [-0.3, -0.25) is 0 Å². The summed E-state index contributed by atoms with van der Waals surface area (Å²) >= 11 is 0. The Morgan fingerprint density at radius 1 is 0.305 bits per heavy atom. The summed E-state index contributed by atoms with van der Waals surface area (Å²) in [6.07, 6.45) is 0. The molecule has 0 bridgehead atoms. The van der Waals surface area contributed by atoms with Gasteiger partial charge in [0.05, 0.1) is 0 Å². The molecule has 2 heterocycles. The normalized spacial score (nSPS) is 13.3. The van der Waals surface area contributed by atoms with Crippen LogP contribution in [0, 0.1) is 0 Å². The van der Waals surface area contributed by atoms with Crippen molar-refractivity contribution in [1.82, 2.24) is 0 Å². The summed E-state index contributed by atoms with van der Waals surface area (Å²) in [5, 5.41) is 15.6. The molecule has 0 unspecified atom stereocenters. The van der Waals surface area contributed by atoms with Crippen LogP contribution in [0.3, 0.4) is 0 Å². The third-order valence-corrected chi connectivity index (χ3v) is 13.4. The molecule has 270 valence electrons. The summed E-state index contributed by atoms with van der Waals surface area (Å²) in [4.78, 5) is 5.17. The van der Waals surface area contributed by atoms with Crippen LogP contribution in [-0.4, -0.2) is 6.71 Å². The molecule has 0 saturated carbocycles. The van der Waals surface area contributed by atoms with Crippen LogP contribution in [-0.2, 0) is 0 Å². The van der Waals surface area contributed by atoms with Crippen LogP contribution in [0.25, 0.3) is 75.8 Å². The van der Waals surface area contributed by atoms with E-state index in [2.05, 4.69) is 210 Å². The minimum absolute atomic E-state index is 0.0291. The van der Waals surface area contributed by atoms with E-state index < -0.39 is 0 Å². The molecule has 0 fully saturated rings. The molecular weight excluding hydrogens is 711 g/mol. The molecule has 0 saturated heterocycles. The number of rotatable bonds is 3. The van der Waals surface area contributed by atoms with Gasteiger partial charge in [-0.05, 0) is 118 Å². The van der Waals surface area contributed by atoms with Gasteiger partial charge in [-0.25, -0.2) is 0 Å². The second-order valence-electron chi connectivity index (χ2n) is 16.4. The summed E-state index contributed by atoms with van der Waals surface area (Å²) in [5.74, 6) is 0. The van der Waals surface area contributed by atoms with Crippen molar-refractivity contribution in [3.05, 3.63) is 200 Å². The smallest absolute Gasteiger partial charge is 0.252 e. The first-order chi connectivity index (χ1) is 29.3. The van der Waals surface area contributed by atoms with Crippen molar-refractivity contribution in [2.75, 3.05) is 9.80 Å². The fourth-order valence-corrected chi connectivity index (χ4v) is 11.1. The number of benzene rings is 12. The van der Waals surface area contributed by atoms with Crippen LogP contribution < -0.4 is 26.2 Å². The fraction of sp³-hybridized carbons (Fsp3) is 0. The number of para-hydroxylation sites is 2. The number of anilines is 6. The largest absolute Gasteiger partial charge is 0.311 e. The van der Waals surface area contributed by atoms with Gasteiger partial charge in [0, 0.05) is 44.9 Å².